The van der Waals surface area contributed by atoms with Crippen LogP contribution in [0.25, 0.3) is 10.9 Å². The topological polar surface area (TPSA) is 73.3 Å². The number of hydrogen-bond acceptors (Lipinski definition) is 6. The number of benzene rings is 2. The van der Waals surface area contributed by atoms with E-state index in [1.165, 1.54) is 25.9 Å². The van der Waals surface area contributed by atoms with Crippen molar-refractivity contribution < 1.29 is 14.3 Å². The van der Waals surface area contributed by atoms with Gasteiger partial charge in [-0.15, -0.1) is 12.4 Å². The molecule has 1 aromatic heterocycles. The second kappa shape index (κ2) is 8.68. The molecule has 0 saturated heterocycles. The normalized spacial score (nSPS) is 10.4. The van der Waals surface area contributed by atoms with Crippen LogP contribution in [0.2, 0.25) is 0 Å². The van der Waals surface area contributed by atoms with E-state index in [2.05, 4.69) is 41.3 Å². The average Bonchev–Trinajstić information content (AvgIpc) is 2.61. The highest BCUT2D eigenvalue weighted by Gasteiger charge is 2.13. The molecule has 0 aliphatic rings. The number of rotatable bonds is 5. The Morgan fingerprint density at radius 3 is 2.56 bits per heavy atom. The van der Waals surface area contributed by atoms with E-state index in [9.17, 15) is 4.79 Å². The molecular weight excluding hydrogens is 366 g/mol. The van der Waals surface area contributed by atoms with E-state index >= 15 is 0 Å². The molecule has 3 aromatic rings. The van der Waals surface area contributed by atoms with Gasteiger partial charge in [0.2, 0.25) is 0 Å². The molecule has 0 fully saturated rings. The summed E-state index contributed by atoms with van der Waals surface area (Å²) in [6, 6.07) is 11.6. The lowest BCUT2D eigenvalue weighted by molar-refractivity contribution is -0.132. The molecular formula is C20H22ClN3O3. The molecule has 0 aliphatic carbocycles. The Morgan fingerprint density at radius 2 is 1.89 bits per heavy atom. The molecule has 0 spiro atoms. The number of halogens is 1. The van der Waals surface area contributed by atoms with Crippen molar-refractivity contribution in [1.29, 1.82) is 0 Å². The summed E-state index contributed by atoms with van der Waals surface area (Å²) in [5, 5.41) is 4.06. The van der Waals surface area contributed by atoms with Crippen molar-refractivity contribution in [3.63, 3.8) is 0 Å². The molecule has 2 aromatic carbocycles. The molecule has 0 atom stereocenters. The van der Waals surface area contributed by atoms with Crippen LogP contribution in [0.15, 0.2) is 42.7 Å². The third kappa shape index (κ3) is 4.65. The van der Waals surface area contributed by atoms with Crippen molar-refractivity contribution >= 4 is 40.8 Å². The first-order valence-corrected chi connectivity index (χ1v) is 8.36. The van der Waals surface area contributed by atoms with Gasteiger partial charge < -0.3 is 14.8 Å². The largest absolute Gasteiger partial charge is 0.493 e. The quantitative estimate of drug-likeness (QED) is 0.498. The summed E-state index contributed by atoms with van der Waals surface area (Å²) in [4.78, 5) is 20.0. The summed E-state index contributed by atoms with van der Waals surface area (Å²) < 4.78 is 10.5. The second-order valence-electron chi connectivity index (χ2n) is 6.24. The first-order chi connectivity index (χ1) is 12.5. The molecule has 0 bridgehead atoms. The zero-order valence-electron chi connectivity index (χ0n) is 15.6. The summed E-state index contributed by atoms with van der Waals surface area (Å²) in [7, 11) is 1.52. The van der Waals surface area contributed by atoms with Crippen molar-refractivity contribution in [3.05, 3.63) is 48.3 Å². The number of nitrogens with one attached hydrogen (secondary N) is 1. The van der Waals surface area contributed by atoms with Crippen molar-refractivity contribution in [2.45, 2.75) is 26.7 Å². The summed E-state index contributed by atoms with van der Waals surface area (Å²) in [5.74, 6) is 1.42. The predicted molar refractivity (Wildman–Crippen MR) is 108 cm³/mol. The third-order valence-electron chi connectivity index (χ3n) is 3.99. The van der Waals surface area contributed by atoms with E-state index in [4.69, 9.17) is 9.47 Å². The number of nitrogens with zero attached hydrogens (tertiary/aromatic N) is 2. The number of aromatic nitrogens is 2. The summed E-state index contributed by atoms with van der Waals surface area (Å²) in [6.07, 6.45) is 1.49. The summed E-state index contributed by atoms with van der Waals surface area (Å²) in [6.45, 7) is 5.65. The number of fused-ring (bicyclic) bond motifs is 1. The van der Waals surface area contributed by atoms with Gasteiger partial charge in [0.1, 0.15) is 12.1 Å². The Labute approximate surface area is 164 Å². The fourth-order valence-corrected chi connectivity index (χ4v) is 2.67. The number of carbonyl (C=O) groups excluding carboxylic acids is 1. The fourth-order valence-electron chi connectivity index (χ4n) is 2.67. The predicted octanol–water partition coefficient (Wildman–Crippen LogP) is 4.85. The summed E-state index contributed by atoms with van der Waals surface area (Å²) >= 11 is 0. The van der Waals surface area contributed by atoms with Gasteiger partial charge >= 0.3 is 5.97 Å². The van der Waals surface area contributed by atoms with Crippen molar-refractivity contribution in [2.24, 2.45) is 0 Å². The van der Waals surface area contributed by atoms with Gasteiger partial charge in [-0.2, -0.15) is 0 Å². The molecule has 6 nitrogen and oxygen atoms in total. The van der Waals surface area contributed by atoms with Crippen LogP contribution in [0, 0.1) is 0 Å². The molecule has 1 heterocycles. The zero-order chi connectivity index (χ0) is 18.7. The highest BCUT2D eigenvalue weighted by Crippen LogP contribution is 2.35. The molecule has 0 aliphatic heterocycles. The monoisotopic (exact) mass is 387 g/mol. The second-order valence-corrected chi connectivity index (χ2v) is 6.24. The van der Waals surface area contributed by atoms with E-state index in [1.807, 2.05) is 12.1 Å². The molecule has 3 rings (SSSR count). The van der Waals surface area contributed by atoms with E-state index in [1.54, 1.807) is 12.1 Å². The SMILES string of the molecule is COc1cc2ncnc(Nc3cccc(C(C)C)c3)c2cc1OC(C)=O.Cl. The Bertz CT molecular complexity index is 960. The minimum absolute atomic E-state index is 0. The van der Waals surface area contributed by atoms with Gasteiger partial charge in [-0.05, 0) is 29.7 Å². The van der Waals surface area contributed by atoms with Gasteiger partial charge in [-0.25, -0.2) is 9.97 Å². The number of hydrogen-bond donors (Lipinski definition) is 1. The molecule has 1 N–H and O–H groups in total. The molecule has 0 unspecified atom stereocenters. The standard InChI is InChI=1S/C20H21N3O3.ClH/c1-12(2)14-6-5-7-15(8-14)23-20-16-9-19(26-13(3)24)18(25-4)10-17(16)21-11-22-20;/h5-12H,1-4H3,(H,21,22,23);1H. The van der Waals surface area contributed by atoms with E-state index < -0.39 is 5.97 Å². The van der Waals surface area contributed by atoms with Crippen LogP contribution >= 0.6 is 12.4 Å². The number of anilines is 2. The lowest BCUT2D eigenvalue weighted by atomic mass is 10.0. The molecule has 7 heteroatoms. The minimum atomic E-state index is -0.418. The van der Waals surface area contributed by atoms with Crippen molar-refractivity contribution in [3.8, 4) is 11.5 Å². The maximum Gasteiger partial charge on any atom is 0.308 e. The highest BCUT2D eigenvalue weighted by molar-refractivity contribution is 5.93. The van der Waals surface area contributed by atoms with Gasteiger partial charge in [-0.3, -0.25) is 4.79 Å². The summed E-state index contributed by atoms with van der Waals surface area (Å²) in [5.41, 5.74) is 2.85. The van der Waals surface area contributed by atoms with E-state index in [0.717, 1.165) is 11.1 Å². The van der Waals surface area contributed by atoms with Crippen LogP contribution in [0.3, 0.4) is 0 Å². The van der Waals surface area contributed by atoms with Gasteiger partial charge in [0.15, 0.2) is 11.5 Å². The van der Waals surface area contributed by atoms with Crippen LogP contribution < -0.4 is 14.8 Å². The van der Waals surface area contributed by atoms with Crippen LogP contribution in [0.4, 0.5) is 11.5 Å². The molecule has 0 amide bonds. The van der Waals surface area contributed by atoms with Gasteiger partial charge in [-0.1, -0.05) is 26.0 Å². The smallest absolute Gasteiger partial charge is 0.308 e. The molecule has 27 heavy (non-hydrogen) atoms. The number of methoxy groups -OCH3 is 1. The maximum atomic E-state index is 11.4. The van der Waals surface area contributed by atoms with Crippen molar-refractivity contribution in [1.82, 2.24) is 9.97 Å². The average molecular weight is 388 g/mol. The van der Waals surface area contributed by atoms with Crippen molar-refractivity contribution in [2.75, 3.05) is 12.4 Å². The van der Waals surface area contributed by atoms with Crippen LogP contribution in [-0.2, 0) is 4.79 Å². The number of ether oxygens (including phenoxy) is 2. The molecule has 0 radical (unpaired) electrons. The minimum Gasteiger partial charge on any atom is -0.493 e. The van der Waals surface area contributed by atoms with Crippen LogP contribution in [-0.4, -0.2) is 23.0 Å². The Kier molecular flexibility index (Phi) is 6.58. The van der Waals surface area contributed by atoms with E-state index in [-0.39, 0.29) is 12.4 Å². The maximum absolute atomic E-state index is 11.4. The Morgan fingerprint density at radius 1 is 1.11 bits per heavy atom. The zero-order valence-corrected chi connectivity index (χ0v) is 16.5. The van der Waals surface area contributed by atoms with Gasteiger partial charge in [0.05, 0.1) is 12.6 Å². The Hall–Kier alpha value is -2.86. The highest BCUT2D eigenvalue weighted by atomic mass is 35.5. The third-order valence-corrected chi connectivity index (χ3v) is 3.99. The van der Waals surface area contributed by atoms with E-state index in [0.29, 0.717) is 28.8 Å². The fraction of sp³-hybridized carbons (Fsp3) is 0.250. The Balaban J connectivity index is 0.00000261. The van der Waals surface area contributed by atoms with Gasteiger partial charge in [0, 0.05) is 24.1 Å². The number of carbonyl (C=O) groups is 1. The molecule has 0 saturated carbocycles. The van der Waals surface area contributed by atoms with Crippen LogP contribution in [0.5, 0.6) is 11.5 Å². The first-order valence-electron chi connectivity index (χ1n) is 8.36. The number of esters is 1. The molecule has 142 valence electrons. The van der Waals surface area contributed by atoms with Crippen LogP contribution in [0.1, 0.15) is 32.3 Å². The van der Waals surface area contributed by atoms with Gasteiger partial charge in [0.25, 0.3) is 0 Å². The first kappa shape index (κ1) is 20.5. The lowest BCUT2D eigenvalue weighted by Crippen LogP contribution is -2.04. The lowest BCUT2D eigenvalue weighted by Gasteiger charge is -2.13.